The van der Waals surface area contributed by atoms with Crippen LogP contribution in [0.3, 0.4) is 0 Å². The predicted octanol–water partition coefficient (Wildman–Crippen LogP) is 4.63. The topological polar surface area (TPSA) is 66.9 Å². The summed E-state index contributed by atoms with van der Waals surface area (Å²) in [5.74, 6) is -0.423. The molecule has 1 fully saturated rings. The first-order chi connectivity index (χ1) is 16.7. The number of fused-ring (bicyclic) bond motifs is 1. The van der Waals surface area contributed by atoms with Crippen LogP contribution in [0.5, 0.6) is 0 Å². The molecule has 3 aromatic rings. The van der Waals surface area contributed by atoms with Crippen molar-refractivity contribution in [3.05, 3.63) is 95.3 Å². The number of carbonyl (C=O) groups is 1. The minimum absolute atomic E-state index is 0.0193. The second kappa shape index (κ2) is 9.18. The summed E-state index contributed by atoms with van der Waals surface area (Å²) in [5.41, 5.74) is 3.19. The second-order valence-corrected chi connectivity index (χ2v) is 11.1. The fourth-order valence-corrected chi connectivity index (χ4v) is 6.53. The summed E-state index contributed by atoms with van der Waals surface area (Å²) in [6, 6.07) is 20.4. The van der Waals surface area contributed by atoms with Gasteiger partial charge in [0.1, 0.15) is 5.82 Å². The summed E-state index contributed by atoms with van der Waals surface area (Å²) < 4.78 is 48.9. The first kappa shape index (κ1) is 23.7. The number of halogens is 1. The number of sulfonamides is 1. The number of carbonyl (C=O) groups excluding carboxylic acids is 1. The van der Waals surface area contributed by atoms with Crippen LogP contribution in [0.1, 0.15) is 42.7 Å². The number of ether oxygens (including phenoxy) is 1. The van der Waals surface area contributed by atoms with Crippen LogP contribution in [0, 0.1) is 5.82 Å². The third kappa shape index (κ3) is 4.49. The van der Waals surface area contributed by atoms with Crippen LogP contribution in [0.25, 0.3) is 0 Å². The van der Waals surface area contributed by atoms with Crippen LogP contribution in [0.2, 0.25) is 0 Å². The lowest BCUT2D eigenvalue weighted by molar-refractivity contribution is -0.116. The fraction of sp³-hybridized carbons (Fsp3) is 0.296. The summed E-state index contributed by atoms with van der Waals surface area (Å²) >= 11 is 0. The van der Waals surface area contributed by atoms with Crippen molar-refractivity contribution in [3.8, 4) is 0 Å². The maximum Gasteiger partial charge on any atom is 0.243 e. The minimum atomic E-state index is -3.85. The molecule has 5 rings (SSSR count). The Hall–Kier alpha value is -3.07. The van der Waals surface area contributed by atoms with E-state index in [1.165, 1.54) is 23.4 Å². The minimum Gasteiger partial charge on any atom is -0.363 e. The number of rotatable bonds is 4. The highest BCUT2D eigenvalue weighted by atomic mass is 32.2. The van der Waals surface area contributed by atoms with Gasteiger partial charge in [-0.1, -0.05) is 42.5 Å². The Morgan fingerprint density at radius 2 is 1.57 bits per heavy atom. The lowest BCUT2D eigenvalue weighted by atomic mass is 10.0. The molecule has 3 aromatic carbocycles. The van der Waals surface area contributed by atoms with Crippen molar-refractivity contribution in [1.29, 1.82) is 0 Å². The normalized spacial score (nSPS) is 22.7. The van der Waals surface area contributed by atoms with Crippen molar-refractivity contribution in [1.82, 2.24) is 4.31 Å². The van der Waals surface area contributed by atoms with Crippen LogP contribution in [-0.2, 0) is 26.0 Å². The zero-order chi connectivity index (χ0) is 24.7. The number of benzene rings is 3. The molecule has 0 saturated carbocycles. The molecule has 3 atom stereocenters. The van der Waals surface area contributed by atoms with Gasteiger partial charge in [0.05, 0.1) is 17.1 Å². The van der Waals surface area contributed by atoms with E-state index < -0.39 is 22.2 Å². The number of hydrogen-bond donors (Lipinski definition) is 0. The van der Waals surface area contributed by atoms with Gasteiger partial charge in [-0.3, -0.25) is 4.79 Å². The van der Waals surface area contributed by atoms with E-state index >= 15 is 0 Å². The number of nitrogens with zero attached hydrogens (tertiary/aromatic N) is 2. The lowest BCUT2D eigenvalue weighted by Crippen LogP contribution is -2.43. The maximum atomic E-state index is 13.8. The van der Waals surface area contributed by atoms with Crippen molar-refractivity contribution in [3.63, 3.8) is 0 Å². The van der Waals surface area contributed by atoms with Gasteiger partial charge in [-0.15, -0.1) is 0 Å². The highest BCUT2D eigenvalue weighted by Crippen LogP contribution is 2.38. The quantitative estimate of drug-likeness (QED) is 0.531. The molecule has 0 bridgehead atoms. The van der Waals surface area contributed by atoms with E-state index in [-0.39, 0.29) is 35.8 Å². The molecule has 0 spiro atoms. The number of morpholine rings is 1. The molecule has 3 unspecified atom stereocenters. The van der Waals surface area contributed by atoms with E-state index in [1.807, 2.05) is 37.3 Å². The summed E-state index contributed by atoms with van der Waals surface area (Å²) in [5, 5.41) is 0. The van der Waals surface area contributed by atoms with Gasteiger partial charge >= 0.3 is 0 Å². The second-order valence-electron chi connectivity index (χ2n) is 9.13. The van der Waals surface area contributed by atoms with Crippen molar-refractivity contribution in [2.75, 3.05) is 18.0 Å². The molecule has 1 amide bonds. The summed E-state index contributed by atoms with van der Waals surface area (Å²) in [6.07, 6.45) is -0.420. The number of amides is 1. The Morgan fingerprint density at radius 3 is 2.20 bits per heavy atom. The number of hydrogen-bond acceptors (Lipinski definition) is 4. The zero-order valence-electron chi connectivity index (χ0n) is 19.6. The third-order valence-corrected chi connectivity index (χ3v) is 8.55. The average Bonchev–Trinajstić information content (AvgIpc) is 3.20. The molecule has 1 saturated heterocycles. The van der Waals surface area contributed by atoms with Crippen LogP contribution >= 0.6 is 0 Å². The Labute approximate surface area is 205 Å². The van der Waals surface area contributed by atoms with Gasteiger partial charge in [-0.05, 0) is 60.4 Å². The van der Waals surface area contributed by atoms with E-state index in [4.69, 9.17) is 4.74 Å². The maximum absolute atomic E-state index is 13.8. The van der Waals surface area contributed by atoms with Crippen molar-refractivity contribution in [2.45, 2.75) is 43.4 Å². The molecule has 182 valence electrons. The average molecular weight is 495 g/mol. The molecule has 2 aliphatic heterocycles. The van der Waals surface area contributed by atoms with Crippen molar-refractivity contribution in [2.24, 2.45) is 0 Å². The van der Waals surface area contributed by atoms with Crippen molar-refractivity contribution >= 4 is 21.6 Å². The highest BCUT2D eigenvalue weighted by molar-refractivity contribution is 7.89. The van der Waals surface area contributed by atoms with Gasteiger partial charge in [-0.25, -0.2) is 12.8 Å². The van der Waals surface area contributed by atoms with Crippen LogP contribution in [-0.4, -0.2) is 37.8 Å². The van der Waals surface area contributed by atoms with Crippen LogP contribution in [0.4, 0.5) is 10.1 Å². The number of anilines is 1. The molecular weight excluding hydrogens is 467 g/mol. The van der Waals surface area contributed by atoms with Gasteiger partial charge in [0.15, 0.2) is 0 Å². The zero-order valence-corrected chi connectivity index (χ0v) is 20.4. The molecule has 0 radical (unpaired) electrons. The Morgan fingerprint density at radius 1 is 0.943 bits per heavy atom. The van der Waals surface area contributed by atoms with E-state index in [0.29, 0.717) is 12.0 Å². The van der Waals surface area contributed by atoms with Gasteiger partial charge in [-0.2, -0.15) is 4.31 Å². The van der Waals surface area contributed by atoms with Gasteiger partial charge in [0.2, 0.25) is 15.9 Å². The van der Waals surface area contributed by atoms with Crippen molar-refractivity contribution < 1.29 is 22.3 Å². The van der Waals surface area contributed by atoms with Gasteiger partial charge in [0.25, 0.3) is 0 Å². The first-order valence-corrected chi connectivity index (χ1v) is 13.1. The molecule has 0 aromatic heterocycles. The highest BCUT2D eigenvalue weighted by Gasteiger charge is 2.38. The Kier molecular flexibility index (Phi) is 6.21. The predicted molar refractivity (Wildman–Crippen MR) is 131 cm³/mol. The largest absolute Gasteiger partial charge is 0.363 e. The molecule has 0 aliphatic carbocycles. The standard InChI is InChI=1S/C27H27FN2O4S/c1-18-14-22-15-24(12-13-25(22)30(18)19(2)31)35(32,33)29-16-26(20-6-4-3-5-7-20)34-27(17-29)21-8-10-23(28)11-9-21/h3-13,15,18,26-27H,14,16-17H2,1-2H3. The van der Waals surface area contributed by atoms with Gasteiger partial charge < -0.3 is 9.64 Å². The fourth-order valence-electron chi connectivity index (χ4n) is 5.03. The molecule has 35 heavy (non-hydrogen) atoms. The lowest BCUT2D eigenvalue weighted by Gasteiger charge is -2.38. The summed E-state index contributed by atoms with van der Waals surface area (Å²) in [4.78, 5) is 14.0. The summed E-state index contributed by atoms with van der Waals surface area (Å²) in [6.45, 7) is 3.75. The van der Waals surface area contributed by atoms with Gasteiger partial charge in [0, 0.05) is 31.7 Å². The van der Waals surface area contributed by atoms with E-state index in [9.17, 15) is 17.6 Å². The third-order valence-electron chi connectivity index (χ3n) is 6.72. The SMILES string of the molecule is CC(=O)N1c2ccc(S(=O)(=O)N3CC(c4ccccc4)OC(c4ccc(F)cc4)C3)cc2CC1C. The van der Waals surface area contributed by atoms with E-state index in [2.05, 4.69) is 0 Å². The monoisotopic (exact) mass is 494 g/mol. The smallest absolute Gasteiger partial charge is 0.243 e. The molecule has 2 aliphatic rings. The van der Waals surface area contributed by atoms with E-state index in [1.54, 1.807) is 35.2 Å². The first-order valence-electron chi connectivity index (χ1n) is 11.6. The summed E-state index contributed by atoms with van der Waals surface area (Å²) in [7, 11) is -3.85. The molecule has 0 N–H and O–H groups in total. The Bertz CT molecular complexity index is 1350. The van der Waals surface area contributed by atoms with Crippen LogP contribution in [0.15, 0.2) is 77.7 Å². The van der Waals surface area contributed by atoms with E-state index in [0.717, 1.165) is 16.8 Å². The molecule has 2 heterocycles. The molecule has 8 heteroatoms. The van der Waals surface area contributed by atoms with Crippen LogP contribution < -0.4 is 4.90 Å². The molecular formula is C27H27FN2O4S. The Balaban J connectivity index is 1.50. The molecule has 6 nitrogen and oxygen atoms in total.